The van der Waals surface area contributed by atoms with E-state index in [-0.39, 0.29) is 26.4 Å². The molecule has 1 amide bonds. The van der Waals surface area contributed by atoms with E-state index in [1.165, 1.54) is 31.4 Å². The van der Waals surface area contributed by atoms with Gasteiger partial charge in [0.05, 0.1) is 27.7 Å². The summed E-state index contributed by atoms with van der Waals surface area (Å²) in [5.74, 6) is -0.535. The lowest BCUT2D eigenvalue weighted by atomic mass is 10.3. The highest BCUT2D eigenvalue weighted by atomic mass is 35.5. The van der Waals surface area contributed by atoms with E-state index >= 15 is 0 Å². The molecule has 24 heavy (non-hydrogen) atoms. The van der Waals surface area contributed by atoms with Crippen molar-refractivity contribution in [1.29, 1.82) is 0 Å². The van der Waals surface area contributed by atoms with E-state index in [0.29, 0.717) is 0 Å². The molecule has 6 nitrogen and oxygen atoms in total. The van der Waals surface area contributed by atoms with Crippen LogP contribution in [-0.2, 0) is 14.8 Å². The number of nitrogens with two attached hydrogens (primary N) is 1. The second-order valence-corrected chi connectivity index (χ2v) is 7.40. The predicted molar refractivity (Wildman–Crippen MR) is 93.2 cm³/mol. The van der Waals surface area contributed by atoms with Gasteiger partial charge in [-0.3, -0.25) is 9.10 Å². The zero-order valence-corrected chi connectivity index (χ0v) is 14.9. The van der Waals surface area contributed by atoms with Crippen LogP contribution >= 0.6 is 23.2 Å². The second-order valence-electron chi connectivity index (χ2n) is 4.73. The molecule has 0 saturated heterocycles. The quantitative estimate of drug-likeness (QED) is 0.823. The van der Waals surface area contributed by atoms with Crippen LogP contribution in [0, 0.1) is 0 Å². The number of carbonyl (C=O) groups excluding carboxylic acids is 1. The second kappa shape index (κ2) is 7.29. The van der Waals surface area contributed by atoms with Gasteiger partial charge in [-0.2, -0.15) is 0 Å². The van der Waals surface area contributed by atoms with Crippen LogP contribution in [-0.4, -0.2) is 28.0 Å². The van der Waals surface area contributed by atoms with Gasteiger partial charge < -0.3 is 10.5 Å². The smallest absolute Gasteiger partial charge is 0.264 e. The number of anilines is 1. The van der Waals surface area contributed by atoms with Crippen LogP contribution in [0.4, 0.5) is 5.69 Å². The van der Waals surface area contributed by atoms with Crippen LogP contribution in [0.5, 0.6) is 5.75 Å². The minimum Gasteiger partial charge on any atom is -0.495 e. The maximum Gasteiger partial charge on any atom is 0.264 e. The van der Waals surface area contributed by atoms with E-state index in [2.05, 4.69) is 0 Å². The molecule has 0 spiro atoms. The van der Waals surface area contributed by atoms with Crippen molar-refractivity contribution in [3.05, 3.63) is 52.5 Å². The molecule has 0 heterocycles. The summed E-state index contributed by atoms with van der Waals surface area (Å²) in [4.78, 5) is 11.3. The lowest BCUT2D eigenvalue weighted by Crippen LogP contribution is -2.38. The van der Waals surface area contributed by atoms with E-state index in [9.17, 15) is 13.2 Å². The Labute approximate surface area is 149 Å². The number of methoxy groups -OCH3 is 1. The van der Waals surface area contributed by atoms with Gasteiger partial charge in [0.2, 0.25) is 5.91 Å². The highest BCUT2D eigenvalue weighted by Crippen LogP contribution is 2.33. The van der Waals surface area contributed by atoms with Gasteiger partial charge in [0, 0.05) is 0 Å². The number of rotatable bonds is 6. The largest absolute Gasteiger partial charge is 0.495 e. The van der Waals surface area contributed by atoms with E-state index in [1.54, 1.807) is 18.2 Å². The van der Waals surface area contributed by atoms with Crippen LogP contribution < -0.4 is 14.8 Å². The molecule has 0 aromatic heterocycles. The molecule has 0 radical (unpaired) electrons. The lowest BCUT2D eigenvalue weighted by molar-refractivity contribution is -0.116. The van der Waals surface area contributed by atoms with Gasteiger partial charge in [0.15, 0.2) is 0 Å². The van der Waals surface area contributed by atoms with E-state index in [4.69, 9.17) is 33.7 Å². The Morgan fingerprint density at radius 3 is 2.42 bits per heavy atom. The molecule has 0 unspecified atom stereocenters. The number of sulfonamides is 1. The minimum absolute atomic E-state index is 0.0804. The SMILES string of the molecule is COc1ccccc1N(CC(N)=O)S(=O)(=O)c1ccc(Cl)c(Cl)c1. The summed E-state index contributed by atoms with van der Waals surface area (Å²) in [6.07, 6.45) is 0. The normalized spacial score (nSPS) is 11.1. The van der Waals surface area contributed by atoms with Gasteiger partial charge in [-0.1, -0.05) is 35.3 Å². The van der Waals surface area contributed by atoms with Crippen molar-refractivity contribution in [3.63, 3.8) is 0 Å². The van der Waals surface area contributed by atoms with Crippen LogP contribution in [0.3, 0.4) is 0 Å². The van der Waals surface area contributed by atoms with Crippen molar-refractivity contribution in [2.45, 2.75) is 4.90 Å². The third-order valence-corrected chi connectivity index (χ3v) is 5.63. The Morgan fingerprint density at radius 2 is 1.83 bits per heavy atom. The fourth-order valence-corrected chi connectivity index (χ4v) is 3.87. The first-order valence-electron chi connectivity index (χ1n) is 6.66. The molecule has 128 valence electrons. The van der Waals surface area contributed by atoms with Gasteiger partial charge in [0.25, 0.3) is 10.0 Å². The first-order valence-corrected chi connectivity index (χ1v) is 8.86. The van der Waals surface area contributed by atoms with E-state index in [0.717, 1.165) is 4.31 Å². The van der Waals surface area contributed by atoms with Crippen molar-refractivity contribution >= 4 is 44.8 Å². The van der Waals surface area contributed by atoms with Crippen molar-refractivity contribution in [1.82, 2.24) is 0 Å². The molecule has 0 bridgehead atoms. The molecule has 0 fully saturated rings. The predicted octanol–water partition coefficient (Wildman–Crippen LogP) is 2.68. The van der Waals surface area contributed by atoms with Crippen molar-refractivity contribution < 1.29 is 17.9 Å². The zero-order valence-electron chi connectivity index (χ0n) is 12.6. The Morgan fingerprint density at radius 1 is 1.17 bits per heavy atom. The number of hydrogen-bond donors (Lipinski definition) is 1. The standard InChI is InChI=1S/C15H14Cl2N2O4S/c1-23-14-5-3-2-4-13(14)19(9-15(18)20)24(21,22)10-6-7-11(16)12(17)8-10/h2-8H,9H2,1H3,(H2,18,20). The maximum absolute atomic E-state index is 13.0. The molecule has 0 aliphatic heterocycles. The number of halogens is 2. The summed E-state index contributed by atoms with van der Waals surface area (Å²) in [5.41, 5.74) is 5.40. The molecule has 0 atom stereocenters. The number of para-hydroxylation sites is 2. The van der Waals surface area contributed by atoms with Crippen LogP contribution in [0.2, 0.25) is 10.0 Å². The monoisotopic (exact) mass is 388 g/mol. The third kappa shape index (κ3) is 3.75. The first-order chi connectivity index (χ1) is 11.3. The van der Waals surface area contributed by atoms with Crippen LogP contribution in [0.25, 0.3) is 0 Å². The molecule has 2 rings (SSSR count). The van der Waals surface area contributed by atoms with Gasteiger partial charge in [-0.05, 0) is 30.3 Å². The summed E-state index contributed by atoms with van der Waals surface area (Å²) in [6.45, 7) is -0.553. The fraction of sp³-hybridized carbons (Fsp3) is 0.133. The van der Waals surface area contributed by atoms with Crippen LogP contribution in [0.15, 0.2) is 47.4 Å². The third-order valence-electron chi connectivity index (χ3n) is 3.13. The fourth-order valence-electron chi connectivity index (χ4n) is 2.04. The number of nitrogens with zero attached hydrogens (tertiary/aromatic N) is 1. The van der Waals surface area contributed by atoms with Crippen molar-refractivity contribution in [2.75, 3.05) is 18.0 Å². The topological polar surface area (TPSA) is 89.7 Å². The van der Waals surface area contributed by atoms with E-state index < -0.39 is 22.5 Å². The Bertz CT molecular complexity index is 872. The van der Waals surface area contributed by atoms with Gasteiger partial charge in [-0.25, -0.2) is 8.42 Å². The summed E-state index contributed by atoms with van der Waals surface area (Å²) in [5, 5.41) is 0.297. The zero-order chi connectivity index (χ0) is 17.9. The summed E-state index contributed by atoms with van der Waals surface area (Å²) in [7, 11) is -2.72. The molecule has 0 aliphatic rings. The minimum atomic E-state index is -4.11. The average molecular weight is 389 g/mol. The molecule has 2 aromatic carbocycles. The number of hydrogen-bond acceptors (Lipinski definition) is 4. The number of primary amides is 1. The Hall–Kier alpha value is -1.96. The Kier molecular flexibility index (Phi) is 5.58. The molecule has 0 saturated carbocycles. The molecule has 2 N–H and O–H groups in total. The van der Waals surface area contributed by atoms with Crippen LogP contribution in [0.1, 0.15) is 0 Å². The summed E-state index contributed by atoms with van der Waals surface area (Å²) < 4.78 is 32.0. The van der Waals surface area contributed by atoms with Gasteiger partial charge in [0.1, 0.15) is 12.3 Å². The first kappa shape index (κ1) is 18.4. The van der Waals surface area contributed by atoms with Gasteiger partial charge >= 0.3 is 0 Å². The number of carbonyl (C=O) groups is 1. The maximum atomic E-state index is 13.0. The molecular formula is C15H14Cl2N2O4S. The Balaban J connectivity index is 2.62. The lowest BCUT2D eigenvalue weighted by Gasteiger charge is -2.24. The number of benzene rings is 2. The number of amides is 1. The van der Waals surface area contributed by atoms with E-state index in [1.807, 2.05) is 0 Å². The molecular weight excluding hydrogens is 375 g/mol. The highest BCUT2D eigenvalue weighted by molar-refractivity contribution is 7.92. The highest BCUT2D eigenvalue weighted by Gasteiger charge is 2.29. The average Bonchev–Trinajstić information content (AvgIpc) is 2.54. The van der Waals surface area contributed by atoms with Crippen molar-refractivity contribution in [3.8, 4) is 5.75 Å². The summed E-state index contributed by atoms with van der Waals surface area (Å²) in [6, 6.07) is 10.3. The molecule has 2 aromatic rings. The summed E-state index contributed by atoms with van der Waals surface area (Å²) >= 11 is 11.7. The molecule has 0 aliphatic carbocycles. The van der Waals surface area contributed by atoms with Crippen molar-refractivity contribution in [2.24, 2.45) is 5.73 Å². The number of ether oxygens (including phenoxy) is 1. The molecule has 9 heteroatoms. The van der Waals surface area contributed by atoms with Gasteiger partial charge in [-0.15, -0.1) is 0 Å².